The van der Waals surface area contributed by atoms with Crippen LogP contribution in [-0.4, -0.2) is 50.5 Å². The van der Waals surface area contributed by atoms with Gasteiger partial charge in [-0.1, -0.05) is 0 Å². The quantitative estimate of drug-likeness (QED) is 0.731. The zero-order valence-electron chi connectivity index (χ0n) is 11.0. The lowest BCUT2D eigenvalue weighted by atomic mass is 10.0. The summed E-state index contributed by atoms with van der Waals surface area (Å²) < 4.78 is -0.460. The van der Waals surface area contributed by atoms with Gasteiger partial charge in [0.05, 0.1) is 11.9 Å². The Kier molecular flexibility index (Phi) is 3.87. The van der Waals surface area contributed by atoms with Crippen molar-refractivity contribution < 1.29 is 19.5 Å². The zero-order valence-corrected chi connectivity index (χ0v) is 11.8. The fourth-order valence-electron chi connectivity index (χ4n) is 2.48. The lowest BCUT2D eigenvalue weighted by Crippen LogP contribution is -2.49. The number of piperidine rings is 1. The SMILES string of the molecule is CC1(C)SC(CN2C(=O)CCCC2=O)N[C@H]1C(=O)O. The molecule has 2 N–H and O–H groups in total. The number of rotatable bonds is 3. The molecule has 0 aromatic heterocycles. The standard InChI is InChI=1S/C12H18N2O4S/c1-12(2)10(11(17)18)13-7(19-12)6-14-8(15)4-3-5-9(14)16/h7,10,13H,3-6H2,1-2H3,(H,17,18)/t7?,10-/m0/s1. The van der Waals surface area contributed by atoms with Gasteiger partial charge in [0, 0.05) is 17.6 Å². The molecule has 106 valence electrons. The van der Waals surface area contributed by atoms with E-state index >= 15 is 0 Å². The Bertz CT molecular complexity index is 408. The summed E-state index contributed by atoms with van der Waals surface area (Å²) in [4.78, 5) is 35.9. The number of amides is 2. The molecule has 2 atom stereocenters. The highest BCUT2D eigenvalue weighted by molar-refractivity contribution is 8.01. The van der Waals surface area contributed by atoms with E-state index in [0.29, 0.717) is 19.3 Å². The molecule has 0 saturated carbocycles. The van der Waals surface area contributed by atoms with Crippen molar-refractivity contribution in [2.75, 3.05) is 6.54 Å². The molecule has 2 aliphatic rings. The number of carbonyl (C=O) groups is 3. The first-order chi connectivity index (χ1) is 8.81. The zero-order chi connectivity index (χ0) is 14.2. The van der Waals surface area contributed by atoms with Crippen molar-refractivity contribution >= 4 is 29.5 Å². The largest absolute Gasteiger partial charge is 0.480 e. The molecule has 0 aromatic carbocycles. The second-order valence-electron chi connectivity index (χ2n) is 5.40. The van der Waals surface area contributed by atoms with Crippen LogP contribution in [0.3, 0.4) is 0 Å². The van der Waals surface area contributed by atoms with Crippen LogP contribution >= 0.6 is 11.8 Å². The Balaban J connectivity index is 2.03. The molecule has 2 aliphatic heterocycles. The fraction of sp³-hybridized carbons (Fsp3) is 0.750. The minimum absolute atomic E-state index is 0.157. The highest BCUT2D eigenvalue weighted by Gasteiger charge is 2.46. The molecule has 6 nitrogen and oxygen atoms in total. The molecule has 2 heterocycles. The van der Waals surface area contributed by atoms with Crippen LogP contribution in [0.5, 0.6) is 0 Å². The molecule has 0 bridgehead atoms. The van der Waals surface area contributed by atoms with Gasteiger partial charge in [0.25, 0.3) is 0 Å². The van der Waals surface area contributed by atoms with Crippen LogP contribution in [-0.2, 0) is 14.4 Å². The number of likely N-dealkylation sites (tertiary alicyclic amines) is 1. The van der Waals surface area contributed by atoms with Crippen molar-refractivity contribution in [1.29, 1.82) is 0 Å². The number of carboxylic acid groups (broad SMARTS) is 1. The summed E-state index contributed by atoms with van der Waals surface area (Å²) in [6.07, 6.45) is 1.41. The van der Waals surface area contributed by atoms with Gasteiger partial charge < -0.3 is 5.11 Å². The third-order valence-electron chi connectivity index (χ3n) is 3.47. The van der Waals surface area contributed by atoms with Crippen LogP contribution in [0.15, 0.2) is 0 Å². The van der Waals surface area contributed by atoms with Crippen LogP contribution in [0.25, 0.3) is 0 Å². The Hall–Kier alpha value is -1.08. The van der Waals surface area contributed by atoms with Crippen molar-refractivity contribution in [3.05, 3.63) is 0 Å². The highest BCUT2D eigenvalue weighted by atomic mass is 32.2. The Morgan fingerprint density at radius 3 is 2.47 bits per heavy atom. The van der Waals surface area contributed by atoms with Crippen LogP contribution in [0.4, 0.5) is 0 Å². The number of nitrogens with zero attached hydrogens (tertiary/aromatic N) is 1. The van der Waals surface area contributed by atoms with E-state index in [2.05, 4.69) is 5.32 Å². The fourth-order valence-corrected chi connectivity index (χ4v) is 3.95. The molecule has 2 fully saturated rings. The van der Waals surface area contributed by atoms with Gasteiger partial charge in [-0.2, -0.15) is 0 Å². The van der Waals surface area contributed by atoms with Gasteiger partial charge in [0.15, 0.2) is 0 Å². The maximum atomic E-state index is 11.7. The van der Waals surface area contributed by atoms with Gasteiger partial charge in [-0.3, -0.25) is 24.6 Å². The van der Waals surface area contributed by atoms with E-state index in [1.54, 1.807) is 0 Å². The lowest BCUT2D eigenvalue weighted by Gasteiger charge is -2.27. The van der Waals surface area contributed by atoms with Gasteiger partial charge in [-0.25, -0.2) is 0 Å². The third kappa shape index (κ3) is 2.92. The number of hydrogen-bond acceptors (Lipinski definition) is 5. The monoisotopic (exact) mass is 286 g/mol. The first kappa shape index (κ1) is 14.3. The molecule has 2 rings (SSSR count). The Morgan fingerprint density at radius 1 is 1.42 bits per heavy atom. The number of thioether (sulfide) groups is 1. The van der Waals surface area contributed by atoms with Crippen molar-refractivity contribution in [2.24, 2.45) is 0 Å². The summed E-state index contributed by atoms with van der Waals surface area (Å²) in [7, 11) is 0. The van der Waals surface area contributed by atoms with Crippen molar-refractivity contribution in [3.63, 3.8) is 0 Å². The number of hydrogen-bond donors (Lipinski definition) is 2. The molecule has 7 heteroatoms. The van der Waals surface area contributed by atoms with Gasteiger partial charge in [-0.05, 0) is 20.3 Å². The first-order valence-corrected chi connectivity index (χ1v) is 7.19. The predicted molar refractivity (Wildman–Crippen MR) is 70.6 cm³/mol. The van der Waals surface area contributed by atoms with E-state index in [1.165, 1.54) is 16.7 Å². The maximum Gasteiger partial charge on any atom is 0.322 e. The minimum atomic E-state index is -0.906. The summed E-state index contributed by atoms with van der Waals surface area (Å²) in [5, 5.41) is 11.9. The van der Waals surface area contributed by atoms with Gasteiger partial charge >= 0.3 is 5.97 Å². The van der Waals surface area contributed by atoms with Crippen molar-refractivity contribution in [3.8, 4) is 0 Å². The molecule has 0 spiro atoms. The summed E-state index contributed by atoms with van der Waals surface area (Å²) in [5.41, 5.74) is 0. The lowest BCUT2D eigenvalue weighted by molar-refractivity contribution is -0.147. The van der Waals surface area contributed by atoms with E-state index in [4.69, 9.17) is 5.11 Å². The number of nitrogens with one attached hydrogen (secondary N) is 1. The smallest absolute Gasteiger partial charge is 0.322 e. The van der Waals surface area contributed by atoms with Crippen LogP contribution in [0, 0.1) is 0 Å². The van der Waals surface area contributed by atoms with Gasteiger partial charge in [-0.15, -0.1) is 11.8 Å². The van der Waals surface area contributed by atoms with Crippen LogP contribution < -0.4 is 5.32 Å². The molecule has 2 amide bonds. The highest BCUT2D eigenvalue weighted by Crippen LogP contribution is 2.38. The molecule has 0 radical (unpaired) electrons. The van der Waals surface area contributed by atoms with Crippen LogP contribution in [0.2, 0.25) is 0 Å². The summed E-state index contributed by atoms with van der Waals surface area (Å²) >= 11 is 1.46. The van der Waals surface area contributed by atoms with Crippen molar-refractivity contribution in [1.82, 2.24) is 10.2 Å². The third-order valence-corrected chi connectivity index (χ3v) is 4.89. The Morgan fingerprint density at radius 2 is 2.00 bits per heavy atom. The second-order valence-corrected chi connectivity index (χ2v) is 7.26. The number of carbonyl (C=O) groups excluding carboxylic acids is 2. The average Bonchev–Trinajstić information content (AvgIpc) is 2.59. The number of imide groups is 1. The number of carboxylic acids is 1. The van der Waals surface area contributed by atoms with Crippen molar-refractivity contribution in [2.45, 2.75) is 49.3 Å². The average molecular weight is 286 g/mol. The van der Waals surface area contributed by atoms with Gasteiger partial charge in [0.2, 0.25) is 11.8 Å². The molecule has 0 aromatic rings. The minimum Gasteiger partial charge on any atom is -0.480 e. The molecular formula is C12H18N2O4S. The predicted octanol–water partition coefficient (Wildman–Crippen LogP) is 0.420. The van der Waals surface area contributed by atoms with E-state index in [1.807, 2.05) is 13.8 Å². The number of aliphatic carboxylic acids is 1. The molecule has 1 unspecified atom stereocenters. The van der Waals surface area contributed by atoms with Crippen LogP contribution in [0.1, 0.15) is 33.1 Å². The first-order valence-electron chi connectivity index (χ1n) is 6.31. The van der Waals surface area contributed by atoms with E-state index < -0.39 is 16.8 Å². The molecule has 0 aliphatic carbocycles. The molecule has 2 saturated heterocycles. The normalized spacial score (nSPS) is 30.7. The summed E-state index contributed by atoms with van der Waals surface area (Å²) in [6, 6.07) is -0.669. The van der Waals surface area contributed by atoms with E-state index in [-0.39, 0.29) is 23.7 Å². The maximum absolute atomic E-state index is 11.7. The molecular weight excluding hydrogens is 268 g/mol. The Labute approximate surface area is 115 Å². The summed E-state index contributed by atoms with van der Waals surface area (Å²) in [5.74, 6) is -1.22. The van der Waals surface area contributed by atoms with E-state index in [0.717, 1.165) is 0 Å². The summed E-state index contributed by atoms with van der Waals surface area (Å²) in [6.45, 7) is 3.95. The molecule has 19 heavy (non-hydrogen) atoms. The van der Waals surface area contributed by atoms with Gasteiger partial charge in [0.1, 0.15) is 6.04 Å². The second kappa shape index (κ2) is 5.13. The topological polar surface area (TPSA) is 86.7 Å². The van der Waals surface area contributed by atoms with E-state index in [9.17, 15) is 14.4 Å².